The smallest absolute Gasteiger partial charge is 0.243 e. The molecule has 1 fully saturated rings. The van der Waals surface area contributed by atoms with Crippen LogP contribution in [0.25, 0.3) is 0 Å². The van der Waals surface area contributed by atoms with Crippen LogP contribution in [-0.4, -0.2) is 50.9 Å². The number of hydrogen-bond acceptors (Lipinski definition) is 4. The first-order chi connectivity index (χ1) is 12.8. The van der Waals surface area contributed by atoms with Crippen LogP contribution in [0.2, 0.25) is 0 Å². The molecule has 0 bridgehead atoms. The van der Waals surface area contributed by atoms with Gasteiger partial charge in [-0.15, -0.1) is 0 Å². The van der Waals surface area contributed by atoms with E-state index in [9.17, 15) is 12.8 Å². The minimum Gasteiger partial charge on any atom is -0.494 e. The van der Waals surface area contributed by atoms with Crippen molar-refractivity contribution in [2.24, 2.45) is 0 Å². The monoisotopic (exact) mass is 392 g/mol. The van der Waals surface area contributed by atoms with Gasteiger partial charge < -0.3 is 4.74 Å². The highest BCUT2D eigenvalue weighted by Crippen LogP contribution is 2.22. The summed E-state index contributed by atoms with van der Waals surface area (Å²) in [6, 6.07) is 10.2. The summed E-state index contributed by atoms with van der Waals surface area (Å²) in [4.78, 5) is 2.48. The first-order valence-electron chi connectivity index (χ1n) is 8.93. The molecule has 3 rings (SSSR count). The van der Waals surface area contributed by atoms with E-state index in [0.29, 0.717) is 37.6 Å². The number of sulfonamides is 1. The van der Waals surface area contributed by atoms with Crippen molar-refractivity contribution in [3.63, 3.8) is 0 Å². The molecule has 0 N–H and O–H groups in total. The number of benzene rings is 2. The molecule has 0 aliphatic carbocycles. The first kappa shape index (κ1) is 19.8. The van der Waals surface area contributed by atoms with Crippen LogP contribution in [0.1, 0.15) is 16.7 Å². The fourth-order valence-corrected chi connectivity index (χ4v) is 4.73. The van der Waals surface area contributed by atoms with Gasteiger partial charge in [-0.3, -0.25) is 4.90 Å². The van der Waals surface area contributed by atoms with E-state index < -0.39 is 10.0 Å². The maximum atomic E-state index is 13.8. The number of piperazine rings is 1. The highest BCUT2D eigenvalue weighted by molar-refractivity contribution is 7.89. The molecule has 0 amide bonds. The normalized spacial score (nSPS) is 16.4. The average Bonchev–Trinajstić information content (AvgIpc) is 2.64. The number of rotatable bonds is 5. The molecule has 1 aliphatic heterocycles. The second-order valence-electron chi connectivity index (χ2n) is 6.90. The molecule has 2 aromatic carbocycles. The molecule has 2 aromatic rings. The summed E-state index contributed by atoms with van der Waals surface area (Å²) >= 11 is 0. The van der Waals surface area contributed by atoms with Crippen LogP contribution in [0.5, 0.6) is 5.75 Å². The predicted molar refractivity (Wildman–Crippen MR) is 103 cm³/mol. The zero-order valence-electron chi connectivity index (χ0n) is 15.9. The summed E-state index contributed by atoms with van der Waals surface area (Å²) in [7, 11) is -2.05. The van der Waals surface area contributed by atoms with Crippen LogP contribution in [-0.2, 0) is 16.6 Å². The highest BCUT2D eigenvalue weighted by atomic mass is 32.2. The Morgan fingerprint density at radius 3 is 2.30 bits per heavy atom. The Hall–Kier alpha value is -1.96. The lowest BCUT2D eigenvalue weighted by Crippen LogP contribution is -2.48. The Bertz CT molecular complexity index is 923. The van der Waals surface area contributed by atoms with Gasteiger partial charge in [-0.2, -0.15) is 4.31 Å². The van der Waals surface area contributed by atoms with E-state index in [1.165, 1.54) is 17.5 Å². The summed E-state index contributed by atoms with van der Waals surface area (Å²) in [5.74, 6) is -0.158. The number of aryl methyl sites for hydroxylation is 2. The second kappa shape index (κ2) is 7.96. The maximum Gasteiger partial charge on any atom is 0.243 e. The van der Waals surface area contributed by atoms with Crippen molar-refractivity contribution in [3.8, 4) is 5.75 Å². The van der Waals surface area contributed by atoms with Crippen LogP contribution in [0.15, 0.2) is 41.3 Å². The average molecular weight is 392 g/mol. The van der Waals surface area contributed by atoms with E-state index in [2.05, 4.69) is 4.90 Å². The lowest BCUT2D eigenvalue weighted by Gasteiger charge is -2.34. The van der Waals surface area contributed by atoms with E-state index in [-0.39, 0.29) is 11.6 Å². The zero-order chi connectivity index (χ0) is 19.6. The Labute approximate surface area is 160 Å². The van der Waals surface area contributed by atoms with Crippen LogP contribution < -0.4 is 4.74 Å². The SMILES string of the molecule is COc1ccc(CN2CCN(S(=O)(=O)c3ccc(C)c(C)c3)CC2)cc1F. The van der Waals surface area contributed by atoms with Crippen molar-refractivity contribution in [3.05, 3.63) is 58.9 Å². The second-order valence-corrected chi connectivity index (χ2v) is 8.83. The van der Waals surface area contributed by atoms with Gasteiger partial charge in [0.05, 0.1) is 12.0 Å². The molecule has 27 heavy (non-hydrogen) atoms. The fraction of sp³-hybridized carbons (Fsp3) is 0.400. The molecule has 0 unspecified atom stereocenters. The summed E-state index contributed by atoms with van der Waals surface area (Å²) in [6.45, 7) is 6.53. The molecule has 1 heterocycles. The number of nitrogens with zero attached hydrogens (tertiary/aromatic N) is 2. The lowest BCUT2D eigenvalue weighted by atomic mass is 10.1. The summed E-state index contributed by atoms with van der Waals surface area (Å²) < 4.78 is 46.1. The van der Waals surface area contributed by atoms with Crippen molar-refractivity contribution in [2.45, 2.75) is 25.3 Å². The third kappa shape index (κ3) is 4.31. The fourth-order valence-electron chi connectivity index (χ4n) is 3.22. The number of ether oxygens (including phenoxy) is 1. The molecule has 0 aromatic heterocycles. The Kier molecular flexibility index (Phi) is 5.83. The maximum absolute atomic E-state index is 13.8. The van der Waals surface area contributed by atoms with E-state index in [0.717, 1.165) is 16.7 Å². The van der Waals surface area contributed by atoms with Crippen molar-refractivity contribution in [2.75, 3.05) is 33.3 Å². The lowest BCUT2D eigenvalue weighted by molar-refractivity contribution is 0.181. The van der Waals surface area contributed by atoms with Crippen LogP contribution in [0.3, 0.4) is 0 Å². The van der Waals surface area contributed by atoms with E-state index in [4.69, 9.17) is 4.74 Å². The van der Waals surface area contributed by atoms with Crippen LogP contribution in [0.4, 0.5) is 4.39 Å². The molecular formula is C20H25FN2O3S. The molecule has 0 spiro atoms. The topological polar surface area (TPSA) is 49.9 Å². The van der Waals surface area contributed by atoms with Gasteiger partial charge in [-0.05, 0) is 54.8 Å². The number of methoxy groups -OCH3 is 1. The van der Waals surface area contributed by atoms with Crippen molar-refractivity contribution in [1.82, 2.24) is 9.21 Å². The van der Waals surface area contributed by atoms with Gasteiger partial charge in [0.1, 0.15) is 0 Å². The third-order valence-corrected chi connectivity index (χ3v) is 6.96. The number of hydrogen-bond donors (Lipinski definition) is 0. The Morgan fingerprint density at radius 1 is 1.00 bits per heavy atom. The van der Waals surface area contributed by atoms with Crippen LogP contribution in [0, 0.1) is 19.7 Å². The van der Waals surface area contributed by atoms with Crippen molar-refractivity contribution in [1.29, 1.82) is 0 Å². The largest absolute Gasteiger partial charge is 0.494 e. The molecule has 146 valence electrons. The minimum atomic E-state index is -3.48. The van der Waals surface area contributed by atoms with E-state index in [1.54, 1.807) is 18.2 Å². The molecule has 5 nitrogen and oxygen atoms in total. The van der Waals surface area contributed by atoms with Gasteiger partial charge in [-0.25, -0.2) is 12.8 Å². The predicted octanol–water partition coefficient (Wildman–Crippen LogP) is 2.96. The van der Waals surface area contributed by atoms with Gasteiger partial charge in [0.25, 0.3) is 0 Å². The molecule has 0 saturated carbocycles. The number of halogens is 1. The van der Waals surface area contributed by atoms with Crippen LogP contribution >= 0.6 is 0 Å². The Morgan fingerprint density at radius 2 is 1.70 bits per heavy atom. The van der Waals surface area contributed by atoms with Gasteiger partial charge in [0, 0.05) is 32.7 Å². The summed E-state index contributed by atoms with van der Waals surface area (Å²) in [5.41, 5.74) is 2.89. The molecular weight excluding hydrogens is 367 g/mol. The van der Waals surface area contributed by atoms with Crippen molar-refractivity contribution >= 4 is 10.0 Å². The van der Waals surface area contributed by atoms with Gasteiger partial charge in [0.15, 0.2) is 11.6 Å². The molecule has 0 atom stereocenters. The summed E-state index contributed by atoms with van der Waals surface area (Å²) in [5, 5.41) is 0. The molecule has 0 radical (unpaired) electrons. The van der Waals surface area contributed by atoms with E-state index in [1.807, 2.05) is 26.0 Å². The molecule has 7 heteroatoms. The van der Waals surface area contributed by atoms with Crippen molar-refractivity contribution < 1.29 is 17.5 Å². The van der Waals surface area contributed by atoms with Gasteiger partial charge >= 0.3 is 0 Å². The van der Waals surface area contributed by atoms with Gasteiger partial charge in [-0.1, -0.05) is 12.1 Å². The zero-order valence-corrected chi connectivity index (χ0v) is 16.7. The minimum absolute atomic E-state index is 0.225. The third-order valence-electron chi connectivity index (χ3n) is 5.07. The first-order valence-corrected chi connectivity index (χ1v) is 10.4. The molecule has 1 saturated heterocycles. The molecule has 1 aliphatic rings. The summed E-state index contributed by atoms with van der Waals surface area (Å²) in [6.07, 6.45) is 0. The van der Waals surface area contributed by atoms with E-state index >= 15 is 0 Å². The quantitative estimate of drug-likeness (QED) is 0.785. The van der Waals surface area contributed by atoms with Gasteiger partial charge in [0.2, 0.25) is 10.0 Å². The standard InChI is InChI=1S/C20H25FN2O3S/c1-15-4-6-18(12-16(15)2)27(24,25)23-10-8-22(9-11-23)14-17-5-7-20(26-3)19(21)13-17/h4-7,12-13H,8-11,14H2,1-3H3. The highest BCUT2D eigenvalue weighted by Gasteiger charge is 2.28. The Balaban J connectivity index is 1.64.